The smallest absolute Gasteiger partial charge is 0.272 e. The molecule has 2 amide bonds. The predicted octanol–water partition coefficient (Wildman–Crippen LogP) is 0.0123. The number of hydrogen-bond acceptors (Lipinski definition) is 3. The molecule has 0 bridgehead atoms. The molecular weight excluding hydrogens is 208 g/mol. The maximum Gasteiger partial charge on any atom is 0.272 e. The van der Waals surface area contributed by atoms with Crippen LogP contribution in [-0.4, -0.2) is 35.5 Å². The molecule has 6 heteroatoms. The Kier molecular flexibility index (Phi) is 4.04. The number of aromatic nitrogens is 2. The third-order valence-electron chi connectivity index (χ3n) is 2.19. The van der Waals surface area contributed by atoms with Gasteiger partial charge in [0, 0.05) is 20.6 Å². The summed E-state index contributed by atoms with van der Waals surface area (Å²) in [5, 5.41) is 4.97. The van der Waals surface area contributed by atoms with E-state index in [0.717, 1.165) is 6.42 Å². The predicted molar refractivity (Wildman–Crippen MR) is 59.3 cm³/mol. The largest absolute Gasteiger partial charge is 0.354 e. The van der Waals surface area contributed by atoms with Gasteiger partial charge in [-0.1, -0.05) is 6.92 Å². The number of nitrogens with zero attached hydrogens (tertiary/aromatic N) is 2. The van der Waals surface area contributed by atoms with Crippen molar-refractivity contribution in [2.45, 2.75) is 19.9 Å². The molecule has 0 aliphatic carbocycles. The van der Waals surface area contributed by atoms with Crippen molar-refractivity contribution < 1.29 is 9.59 Å². The van der Waals surface area contributed by atoms with E-state index >= 15 is 0 Å². The van der Waals surface area contributed by atoms with Crippen molar-refractivity contribution in [2.24, 2.45) is 0 Å². The number of aryl methyl sites for hydroxylation is 1. The molecule has 1 rings (SSSR count). The van der Waals surface area contributed by atoms with E-state index in [4.69, 9.17) is 0 Å². The second-order valence-electron chi connectivity index (χ2n) is 3.29. The molecular formula is C10H16N4O2. The molecule has 88 valence electrons. The Hall–Kier alpha value is -1.85. The first kappa shape index (κ1) is 12.2. The summed E-state index contributed by atoms with van der Waals surface area (Å²) in [5.74, 6) is -0.655. The molecule has 6 nitrogen and oxygen atoms in total. The molecule has 0 aliphatic heterocycles. The fourth-order valence-corrected chi connectivity index (χ4v) is 1.43. The van der Waals surface area contributed by atoms with Crippen LogP contribution in [0.25, 0.3) is 0 Å². The first-order valence-electron chi connectivity index (χ1n) is 5.15. The van der Waals surface area contributed by atoms with E-state index in [1.807, 2.05) is 6.92 Å². The van der Waals surface area contributed by atoms with E-state index in [0.29, 0.717) is 12.2 Å². The second-order valence-corrected chi connectivity index (χ2v) is 3.29. The highest BCUT2D eigenvalue weighted by atomic mass is 16.2. The van der Waals surface area contributed by atoms with Crippen LogP contribution in [0.5, 0.6) is 0 Å². The van der Waals surface area contributed by atoms with Crippen LogP contribution in [0.1, 0.15) is 34.3 Å². The summed E-state index contributed by atoms with van der Waals surface area (Å²) in [5.41, 5.74) is 0.471. The Morgan fingerprint density at radius 3 is 2.44 bits per heavy atom. The zero-order valence-corrected chi connectivity index (χ0v) is 9.70. The van der Waals surface area contributed by atoms with E-state index in [2.05, 4.69) is 15.6 Å². The quantitative estimate of drug-likeness (QED) is 0.756. The number of carbonyl (C=O) groups is 2. The summed E-state index contributed by atoms with van der Waals surface area (Å²) >= 11 is 0. The van der Waals surface area contributed by atoms with Crippen molar-refractivity contribution in [3.8, 4) is 0 Å². The number of hydrogen-bond donors (Lipinski definition) is 2. The van der Waals surface area contributed by atoms with Crippen LogP contribution in [0.4, 0.5) is 0 Å². The van der Waals surface area contributed by atoms with Gasteiger partial charge in [-0.3, -0.25) is 9.59 Å². The van der Waals surface area contributed by atoms with Gasteiger partial charge in [-0.05, 0) is 6.42 Å². The van der Waals surface area contributed by atoms with Crippen LogP contribution in [0.3, 0.4) is 0 Å². The average molecular weight is 224 g/mol. The minimum atomic E-state index is -0.353. The van der Waals surface area contributed by atoms with E-state index in [-0.39, 0.29) is 17.5 Å². The van der Waals surface area contributed by atoms with Crippen molar-refractivity contribution in [3.05, 3.63) is 17.7 Å². The summed E-state index contributed by atoms with van der Waals surface area (Å²) in [4.78, 5) is 27.1. The van der Waals surface area contributed by atoms with Crippen LogP contribution < -0.4 is 10.6 Å². The van der Waals surface area contributed by atoms with Crippen molar-refractivity contribution in [2.75, 3.05) is 14.1 Å². The molecule has 0 saturated heterocycles. The summed E-state index contributed by atoms with van der Waals surface area (Å²) in [6, 6.07) is 0. The van der Waals surface area contributed by atoms with Crippen molar-refractivity contribution in [3.63, 3.8) is 0 Å². The molecule has 0 saturated carbocycles. The Morgan fingerprint density at radius 1 is 1.31 bits per heavy atom. The van der Waals surface area contributed by atoms with E-state index in [9.17, 15) is 9.59 Å². The number of imidazole rings is 1. The minimum Gasteiger partial charge on any atom is -0.354 e. The zero-order valence-electron chi connectivity index (χ0n) is 9.70. The Bertz CT molecular complexity index is 398. The molecule has 2 N–H and O–H groups in total. The van der Waals surface area contributed by atoms with Gasteiger partial charge in [-0.2, -0.15) is 0 Å². The number of amides is 2. The monoisotopic (exact) mass is 224 g/mol. The lowest BCUT2D eigenvalue weighted by Crippen LogP contribution is -2.27. The van der Waals surface area contributed by atoms with Crippen LogP contribution >= 0.6 is 0 Å². The highest BCUT2D eigenvalue weighted by Crippen LogP contribution is 2.08. The van der Waals surface area contributed by atoms with Gasteiger partial charge in [0.15, 0.2) is 5.69 Å². The van der Waals surface area contributed by atoms with Gasteiger partial charge >= 0.3 is 0 Å². The Morgan fingerprint density at radius 2 is 1.94 bits per heavy atom. The van der Waals surface area contributed by atoms with E-state index in [1.165, 1.54) is 20.4 Å². The summed E-state index contributed by atoms with van der Waals surface area (Å²) in [6.45, 7) is 2.65. The highest BCUT2D eigenvalue weighted by molar-refractivity contribution is 6.04. The lowest BCUT2D eigenvalue weighted by molar-refractivity contribution is 0.0920. The first-order chi connectivity index (χ1) is 7.65. The third kappa shape index (κ3) is 2.21. The minimum absolute atomic E-state index is 0.162. The lowest BCUT2D eigenvalue weighted by atomic mass is 10.2. The topological polar surface area (TPSA) is 76.0 Å². The second kappa shape index (κ2) is 5.29. The fraction of sp³-hybridized carbons (Fsp3) is 0.500. The molecule has 0 aromatic carbocycles. The fourth-order valence-electron chi connectivity index (χ4n) is 1.43. The molecule has 1 heterocycles. The summed E-state index contributed by atoms with van der Waals surface area (Å²) in [6.07, 6.45) is 2.38. The third-order valence-corrected chi connectivity index (χ3v) is 2.19. The van der Waals surface area contributed by atoms with Gasteiger partial charge in [0.1, 0.15) is 5.69 Å². The van der Waals surface area contributed by atoms with Crippen LogP contribution in [0, 0.1) is 0 Å². The average Bonchev–Trinajstić information content (AvgIpc) is 2.71. The van der Waals surface area contributed by atoms with Gasteiger partial charge in [0.2, 0.25) is 0 Å². The van der Waals surface area contributed by atoms with Gasteiger partial charge < -0.3 is 15.2 Å². The van der Waals surface area contributed by atoms with Gasteiger partial charge in [-0.15, -0.1) is 0 Å². The van der Waals surface area contributed by atoms with E-state index in [1.54, 1.807) is 4.57 Å². The lowest BCUT2D eigenvalue weighted by Gasteiger charge is -2.06. The van der Waals surface area contributed by atoms with Crippen molar-refractivity contribution in [1.82, 2.24) is 20.2 Å². The summed E-state index contributed by atoms with van der Waals surface area (Å²) < 4.78 is 1.68. The normalized spacial score (nSPS) is 9.94. The molecule has 1 aromatic rings. The molecule has 16 heavy (non-hydrogen) atoms. The van der Waals surface area contributed by atoms with Crippen LogP contribution in [-0.2, 0) is 6.54 Å². The van der Waals surface area contributed by atoms with Gasteiger partial charge in [-0.25, -0.2) is 4.98 Å². The number of rotatable bonds is 4. The van der Waals surface area contributed by atoms with Crippen molar-refractivity contribution >= 4 is 11.8 Å². The zero-order chi connectivity index (χ0) is 12.1. The molecule has 0 aliphatic rings. The highest BCUT2D eigenvalue weighted by Gasteiger charge is 2.21. The molecule has 0 unspecified atom stereocenters. The van der Waals surface area contributed by atoms with Gasteiger partial charge in [0.05, 0.1) is 6.33 Å². The molecule has 0 fully saturated rings. The molecule has 0 spiro atoms. The number of carbonyl (C=O) groups excluding carboxylic acids is 2. The maximum atomic E-state index is 11.7. The van der Waals surface area contributed by atoms with Crippen molar-refractivity contribution in [1.29, 1.82) is 0 Å². The van der Waals surface area contributed by atoms with Crippen LogP contribution in [0.2, 0.25) is 0 Å². The Balaban J connectivity index is 3.19. The standard InChI is InChI=1S/C10H16N4O2/c1-4-5-14-6-13-7(9(15)11-2)8(14)10(16)12-3/h6H,4-5H2,1-3H3,(H,11,15)(H,12,16). The molecule has 1 aromatic heterocycles. The molecule has 0 radical (unpaired) electrons. The van der Waals surface area contributed by atoms with E-state index < -0.39 is 0 Å². The van der Waals surface area contributed by atoms with Crippen LogP contribution in [0.15, 0.2) is 6.33 Å². The number of nitrogens with one attached hydrogen (secondary N) is 2. The summed E-state index contributed by atoms with van der Waals surface area (Å²) in [7, 11) is 3.04. The maximum absolute atomic E-state index is 11.7. The van der Waals surface area contributed by atoms with Gasteiger partial charge in [0.25, 0.3) is 11.8 Å². The SMILES string of the molecule is CCCn1cnc(C(=O)NC)c1C(=O)NC. The Labute approximate surface area is 94.0 Å². The first-order valence-corrected chi connectivity index (χ1v) is 5.15. The molecule has 0 atom stereocenters.